The van der Waals surface area contributed by atoms with E-state index in [0.717, 1.165) is 10.8 Å². The molecule has 2 heterocycles. The van der Waals surface area contributed by atoms with E-state index in [4.69, 9.17) is 9.47 Å². The average molecular weight is 374 g/mol. The van der Waals surface area contributed by atoms with Crippen LogP contribution in [0.4, 0.5) is 8.78 Å². The second-order valence-electron chi connectivity index (χ2n) is 6.41. The summed E-state index contributed by atoms with van der Waals surface area (Å²) in [6, 6.07) is 5.09. The van der Waals surface area contributed by atoms with E-state index in [1.807, 2.05) is 0 Å². The number of alkyl halides is 2. The predicted octanol–water partition coefficient (Wildman–Crippen LogP) is 2.98. The standard InChI is InChI=1S/C18H16F2N4O3/c1-26-14-6-18(19,20)7-15(14)27-16-9-22-17(24-23-16)12-4-10-2-3-21-8-11(10)5-13(12)25/h2-5,8-9,14-15,25H,6-7H2,1H3/t14-,15-/m0/s1. The molecule has 0 aliphatic heterocycles. The number of nitrogens with zero attached hydrogens (tertiary/aromatic N) is 4. The van der Waals surface area contributed by atoms with Gasteiger partial charge >= 0.3 is 0 Å². The molecule has 140 valence electrons. The lowest BCUT2D eigenvalue weighted by atomic mass is 10.1. The second-order valence-corrected chi connectivity index (χ2v) is 6.41. The van der Waals surface area contributed by atoms with Crippen LogP contribution in [0.1, 0.15) is 12.8 Å². The summed E-state index contributed by atoms with van der Waals surface area (Å²) in [5.74, 6) is -2.63. The van der Waals surface area contributed by atoms with Gasteiger partial charge in [0.15, 0.2) is 5.82 Å². The van der Waals surface area contributed by atoms with Crippen molar-refractivity contribution >= 4 is 10.8 Å². The third kappa shape index (κ3) is 3.50. The van der Waals surface area contributed by atoms with E-state index in [9.17, 15) is 13.9 Å². The molecule has 2 atom stereocenters. The first kappa shape index (κ1) is 17.5. The Morgan fingerprint density at radius 1 is 1.11 bits per heavy atom. The van der Waals surface area contributed by atoms with Gasteiger partial charge in [-0.2, -0.15) is 0 Å². The number of ether oxygens (including phenoxy) is 2. The normalized spacial score (nSPS) is 21.4. The number of hydrogen-bond donors (Lipinski definition) is 1. The van der Waals surface area contributed by atoms with Gasteiger partial charge in [0, 0.05) is 31.3 Å². The van der Waals surface area contributed by atoms with Crippen molar-refractivity contribution in [2.45, 2.75) is 31.0 Å². The van der Waals surface area contributed by atoms with E-state index >= 15 is 0 Å². The van der Waals surface area contributed by atoms with Crippen LogP contribution in [0.3, 0.4) is 0 Å². The summed E-state index contributed by atoms with van der Waals surface area (Å²) in [5.41, 5.74) is 0.398. The van der Waals surface area contributed by atoms with Crippen LogP contribution in [0.2, 0.25) is 0 Å². The highest BCUT2D eigenvalue weighted by Gasteiger charge is 2.48. The predicted molar refractivity (Wildman–Crippen MR) is 91.6 cm³/mol. The number of phenolic OH excluding ortho intramolecular Hbond substituents is 1. The monoisotopic (exact) mass is 374 g/mol. The Morgan fingerprint density at radius 2 is 1.93 bits per heavy atom. The van der Waals surface area contributed by atoms with Crippen LogP contribution in [0.5, 0.6) is 11.6 Å². The Labute approximate surface area is 153 Å². The SMILES string of the molecule is CO[C@H]1CC(F)(F)C[C@@H]1Oc1cnc(-c2cc3ccncc3cc2O)nn1. The summed E-state index contributed by atoms with van der Waals surface area (Å²) < 4.78 is 37.7. The molecule has 4 rings (SSSR count). The zero-order valence-electron chi connectivity index (χ0n) is 14.3. The van der Waals surface area contributed by atoms with Crippen molar-refractivity contribution in [3.8, 4) is 23.0 Å². The maximum absolute atomic E-state index is 13.5. The van der Waals surface area contributed by atoms with E-state index in [1.54, 1.807) is 30.6 Å². The van der Waals surface area contributed by atoms with Crippen molar-refractivity contribution in [1.82, 2.24) is 20.2 Å². The highest BCUT2D eigenvalue weighted by Crippen LogP contribution is 2.38. The van der Waals surface area contributed by atoms with Crippen LogP contribution < -0.4 is 4.74 Å². The van der Waals surface area contributed by atoms with Gasteiger partial charge in [0.05, 0.1) is 24.3 Å². The van der Waals surface area contributed by atoms with E-state index in [-0.39, 0.29) is 17.5 Å². The summed E-state index contributed by atoms with van der Waals surface area (Å²) in [4.78, 5) is 8.15. The number of methoxy groups -OCH3 is 1. The maximum Gasteiger partial charge on any atom is 0.254 e. The third-order valence-electron chi connectivity index (χ3n) is 4.53. The van der Waals surface area contributed by atoms with E-state index < -0.39 is 31.0 Å². The number of phenols is 1. The Hall–Kier alpha value is -2.94. The van der Waals surface area contributed by atoms with Crippen molar-refractivity contribution in [2.24, 2.45) is 0 Å². The molecular weight excluding hydrogens is 358 g/mol. The second kappa shape index (κ2) is 6.66. The van der Waals surface area contributed by atoms with Gasteiger partial charge in [0.1, 0.15) is 11.9 Å². The minimum Gasteiger partial charge on any atom is -0.507 e. The number of aromatic nitrogens is 4. The fourth-order valence-corrected chi connectivity index (χ4v) is 3.19. The number of aromatic hydroxyl groups is 1. The summed E-state index contributed by atoms with van der Waals surface area (Å²) in [6.45, 7) is 0. The van der Waals surface area contributed by atoms with Gasteiger partial charge in [-0.3, -0.25) is 4.98 Å². The van der Waals surface area contributed by atoms with Gasteiger partial charge in [0.25, 0.3) is 11.8 Å². The number of fused-ring (bicyclic) bond motifs is 1. The van der Waals surface area contributed by atoms with Crippen LogP contribution in [-0.2, 0) is 4.74 Å². The molecule has 1 saturated carbocycles. The Bertz CT molecular complexity index is 968. The molecule has 27 heavy (non-hydrogen) atoms. The largest absolute Gasteiger partial charge is 0.507 e. The minimum atomic E-state index is -2.84. The first-order valence-electron chi connectivity index (χ1n) is 8.29. The van der Waals surface area contributed by atoms with Gasteiger partial charge in [0.2, 0.25) is 0 Å². The zero-order valence-corrected chi connectivity index (χ0v) is 14.3. The lowest BCUT2D eigenvalue weighted by molar-refractivity contribution is -0.00998. The molecule has 1 aliphatic rings. The van der Waals surface area contributed by atoms with E-state index in [0.29, 0.717) is 5.56 Å². The molecule has 1 fully saturated rings. The van der Waals surface area contributed by atoms with Gasteiger partial charge in [-0.15, -0.1) is 10.2 Å². The van der Waals surface area contributed by atoms with Crippen molar-refractivity contribution in [2.75, 3.05) is 7.11 Å². The molecule has 0 radical (unpaired) electrons. The first-order valence-corrected chi connectivity index (χ1v) is 8.29. The summed E-state index contributed by atoms with van der Waals surface area (Å²) in [6.07, 6.45) is 2.18. The molecule has 1 aromatic carbocycles. The molecule has 3 aromatic rings. The van der Waals surface area contributed by atoms with Crippen LogP contribution in [0, 0.1) is 0 Å². The molecule has 9 heteroatoms. The molecule has 0 bridgehead atoms. The number of benzene rings is 1. The number of halogens is 2. The molecule has 1 aliphatic carbocycles. The van der Waals surface area contributed by atoms with Gasteiger partial charge < -0.3 is 14.6 Å². The Morgan fingerprint density at radius 3 is 2.67 bits per heavy atom. The Balaban J connectivity index is 1.57. The molecular formula is C18H16F2N4O3. The van der Waals surface area contributed by atoms with Crippen LogP contribution in [0.25, 0.3) is 22.2 Å². The summed E-state index contributed by atoms with van der Waals surface area (Å²) >= 11 is 0. The average Bonchev–Trinajstić information content (AvgIpc) is 2.95. The molecule has 0 saturated heterocycles. The number of pyridine rings is 1. The van der Waals surface area contributed by atoms with Gasteiger partial charge in [-0.1, -0.05) is 0 Å². The summed E-state index contributed by atoms with van der Waals surface area (Å²) in [5, 5.41) is 19.7. The minimum absolute atomic E-state index is 0.0131. The lowest BCUT2D eigenvalue weighted by Gasteiger charge is -2.17. The number of rotatable bonds is 4. The molecule has 2 aromatic heterocycles. The highest BCUT2D eigenvalue weighted by molar-refractivity contribution is 5.88. The van der Waals surface area contributed by atoms with Gasteiger partial charge in [-0.25, -0.2) is 13.8 Å². The molecule has 0 amide bonds. The Kier molecular flexibility index (Phi) is 4.31. The maximum atomic E-state index is 13.5. The molecule has 0 spiro atoms. The fourth-order valence-electron chi connectivity index (χ4n) is 3.19. The quantitative estimate of drug-likeness (QED) is 0.751. The van der Waals surface area contributed by atoms with E-state index in [2.05, 4.69) is 20.2 Å². The zero-order chi connectivity index (χ0) is 19.0. The molecule has 1 N–H and O–H groups in total. The van der Waals surface area contributed by atoms with Crippen molar-refractivity contribution in [1.29, 1.82) is 0 Å². The van der Waals surface area contributed by atoms with Crippen LogP contribution in [-0.4, -0.2) is 50.5 Å². The van der Waals surface area contributed by atoms with Crippen molar-refractivity contribution in [3.63, 3.8) is 0 Å². The first-order chi connectivity index (χ1) is 12.9. The molecule has 7 nitrogen and oxygen atoms in total. The smallest absolute Gasteiger partial charge is 0.254 e. The highest BCUT2D eigenvalue weighted by atomic mass is 19.3. The van der Waals surface area contributed by atoms with Crippen molar-refractivity contribution in [3.05, 3.63) is 36.8 Å². The number of hydrogen-bond acceptors (Lipinski definition) is 7. The van der Waals surface area contributed by atoms with Crippen molar-refractivity contribution < 1.29 is 23.4 Å². The van der Waals surface area contributed by atoms with Crippen LogP contribution >= 0.6 is 0 Å². The van der Waals surface area contributed by atoms with Crippen LogP contribution in [0.15, 0.2) is 36.8 Å². The van der Waals surface area contributed by atoms with E-state index in [1.165, 1.54) is 13.3 Å². The molecule has 0 unspecified atom stereocenters. The topological polar surface area (TPSA) is 90.2 Å². The lowest BCUT2D eigenvalue weighted by Crippen LogP contribution is -2.28. The van der Waals surface area contributed by atoms with Gasteiger partial charge in [-0.05, 0) is 23.6 Å². The fraction of sp³-hybridized carbons (Fsp3) is 0.333. The summed E-state index contributed by atoms with van der Waals surface area (Å²) in [7, 11) is 1.37. The third-order valence-corrected chi connectivity index (χ3v) is 4.53.